The first kappa shape index (κ1) is 15.1. The Kier molecular flexibility index (Phi) is 5.27. The number of benzene rings is 1. The van der Waals surface area contributed by atoms with Crippen molar-refractivity contribution < 1.29 is 0 Å². The molecule has 0 fully saturated rings. The van der Waals surface area contributed by atoms with E-state index in [0.29, 0.717) is 16.9 Å². The molecule has 0 aliphatic rings. The van der Waals surface area contributed by atoms with Crippen molar-refractivity contribution in [2.45, 2.75) is 32.3 Å². The molecule has 0 unspecified atom stereocenters. The van der Waals surface area contributed by atoms with Gasteiger partial charge >= 0.3 is 0 Å². The van der Waals surface area contributed by atoms with E-state index in [0.717, 1.165) is 18.1 Å². The number of hydrogen-bond acceptors (Lipinski definition) is 2. The number of aromatic nitrogens is 1. The van der Waals surface area contributed by atoms with E-state index in [1.54, 1.807) is 0 Å². The molecule has 0 N–H and O–H groups in total. The number of anilines is 1. The van der Waals surface area contributed by atoms with Crippen molar-refractivity contribution in [1.29, 1.82) is 0 Å². The monoisotopic (exact) mass is 308 g/mol. The van der Waals surface area contributed by atoms with Crippen molar-refractivity contribution in [3.8, 4) is 0 Å². The third-order valence-electron chi connectivity index (χ3n) is 3.14. The van der Waals surface area contributed by atoms with Crippen LogP contribution in [0, 0.1) is 0 Å². The fourth-order valence-corrected chi connectivity index (χ4v) is 2.48. The summed E-state index contributed by atoms with van der Waals surface area (Å²) in [6.07, 6.45) is 0. The standard InChI is InChI=1S/C16H18Cl2N2/c1-12(2)20(11-13-6-4-3-5-7-13)16-9-8-14(18)15(10-17)19-16/h3-9,12H,10-11H2,1-2H3. The number of nitrogens with zero attached hydrogens (tertiary/aromatic N) is 2. The summed E-state index contributed by atoms with van der Waals surface area (Å²) < 4.78 is 0. The van der Waals surface area contributed by atoms with E-state index in [9.17, 15) is 0 Å². The van der Waals surface area contributed by atoms with Crippen LogP contribution in [0.15, 0.2) is 42.5 Å². The van der Waals surface area contributed by atoms with E-state index in [1.165, 1.54) is 5.56 Å². The highest BCUT2D eigenvalue weighted by molar-refractivity contribution is 6.32. The molecule has 106 valence electrons. The lowest BCUT2D eigenvalue weighted by molar-refractivity contribution is 0.671. The summed E-state index contributed by atoms with van der Waals surface area (Å²) in [6.45, 7) is 5.12. The molecule has 0 aliphatic heterocycles. The van der Waals surface area contributed by atoms with Crippen molar-refractivity contribution in [3.63, 3.8) is 0 Å². The zero-order valence-electron chi connectivity index (χ0n) is 11.7. The minimum Gasteiger partial charge on any atom is -0.350 e. The largest absolute Gasteiger partial charge is 0.350 e. The number of halogens is 2. The van der Waals surface area contributed by atoms with Crippen LogP contribution in [0.1, 0.15) is 25.1 Å². The van der Waals surface area contributed by atoms with E-state index in [-0.39, 0.29) is 0 Å². The molecule has 0 saturated carbocycles. The third kappa shape index (κ3) is 3.65. The van der Waals surface area contributed by atoms with Gasteiger partial charge in [0.25, 0.3) is 0 Å². The molecule has 2 rings (SSSR count). The SMILES string of the molecule is CC(C)N(Cc1ccccc1)c1ccc(Cl)c(CCl)n1. The second-order valence-electron chi connectivity index (χ2n) is 4.94. The predicted molar refractivity (Wildman–Crippen MR) is 86.6 cm³/mol. The molecular formula is C16H18Cl2N2. The van der Waals surface area contributed by atoms with Crippen LogP contribution in [0.5, 0.6) is 0 Å². The minimum atomic E-state index is 0.323. The minimum absolute atomic E-state index is 0.323. The lowest BCUT2D eigenvalue weighted by Gasteiger charge is -2.28. The molecule has 2 nitrogen and oxygen atoms in total. The maximum atomic E-state index is 6.08. The molecule has 0 aliphatic carbocycles. The Morgan fingerprint density at radius 3 is 2.40 bits per heavy atom. The van der Waals surface area contributed by atoms with Crippen LogP contribution in [-0.2, 0) is 12.4 Å². The van der Waals surface area contributed by atoms with Crippen molar-refractivity contribution in [1.82, 2.24) is 4.98 Å². The Bertz CT molecular complexity index is 556. The van der Waals surface area contributed by atoms with Gasteiger partial charge in [-0.1, -0.05) is 41.9 Å². The molecule has 2 aromatic rings. The normalized spacial score (nSPS) is 10.8. The highest BCUT2D eigenvalue weighted by Gasteiger charge is 2.14. The van der Waals surface area contributed by atoms with Gasteiger partial charge in [-0.25, -0.2) is 4.98 Å². The summed E-state index contributed by atoms with van der Waals surface area (Å²) in [6, 6.07) is 14.5. The van der Waals surface area contributed by atoms with Gasteiger partial charge in [-0.3, -0.25) is 0 Å². The van der Waals surface area contributed by atoms with E-state index in [1.807, 2.05) is 30.3 Å². The van der Waals surface area contributed by atoms with Crippen molar-refractivity contribution in [2.75, 3.05) is 4.90 Å². The first-order valence-electron chi connectivity index (χ1n) is 6.63. The highest BCUT2D eigenvalue weighted by atomic mass is 35.5. The lowest BCUT2D eigenvalue weighted by atomic mass is 10.2. The molecule has 0 bridgehead atoms. The van der Waals surface area contributed by atoms with Gasteiger partial charge in [0.15, 0.2) is 0 Å². The van der Waals surface area contributed by atoms with Crippen LogP contribution >= 0.6 is 23.2 Å². The quantitative estimate of drug-likeness (QED) is 0.731. The number of rotatable bonds is 5. The van der Waals surface area contributed by atoms with Gasteiger partial charge in [0, 0.05) is 12.6 Å². The van der Waals surface area contributed by atoms with Gasteiger partial charge < -0.3 is 4.90 Å². The van der Waals surface area contributed by atoms with Gasteiger partial charge in [0.05, 0.1) is 16.6 Å². The second kappa shape index (κ2) is 6.96. The molecule has 0 spiro atoms. The molecule has 0 amide bonds. The first-order chi connectivity index (χ1) is 9.61. The zero-order chi connectivity index (χ0) is 14.5. The van der Waals surface area contributed by atoms with E-state index in [2.05, 4.69) is 35.9 Å². The van der Waals surface area contributed by atoms with Gasteiger partial charge in [0.1, 0.15) is 5.82 Å². The Morgan fingerprint density at radius 1 is 1.10 bits per heavy atom. The number of hydrogen-bond donors (Lipinski definition) is 0. The van der Waals surface area contributed by atoms with Crippen molar-refractivity contribution >= 4 is 29.0 Å². The molecule has 1 aromatic heterocycles. The fourth-order valence-electron chi connectivity index (χ4n) is 2.03. The summed E-state index contributed by atoms with van der Waals surface area (Å²) >= 11 is 12.0. The van der Waals surface area contributed by atoms with E-state index >= 15 is 0 Å². The molecule has 4 heteroatoms. The first-order valence-corrected chi connectivity index (χ1v) is 7.55. The topological polar surface area (TPSA) is 16.1 Å². The van der Waals surface area contributed by atoms with Crippen LogP contribution in [0.25, 0.3) is 0 Å². The molecule has 1 heterocycles. The maximum absolute atomic E-state index is 6.08. The van der Waals surface area contributed by atoms with E-state index < -0.39 is 0 Å². The molecule has 0 atom stereocenters. The smallest absolute Gasteiger partial charge is 0.129 e. The Balaban J connectivity index is 2.29. The molecule has 0 radical (unpaired) electrons. The maximum Gasteiger partial charge on any atom is 0.129 e. The van der Waals surface area contributed by atoms with Crippen molar-refractivity contribution in [2.24, 2.45) is 0 Å². The summed E-state index contributed by atoms with van der Waals surface area (Å²) in [7, 11) is 0. The fraction of sp³-hybridized carbons (Fsp3) is 0.312. The van der Waals surface area contributed by atoms with Gasteiger partial charge in [-0.05, 0) is 31.5 Å². The van der Waals surface area contributed by atoms with Gasteiger partial charge in [-0.15, -0.1) is 11.6 Å². The van der Waals surface area contributed by atoms with Crippen LogP contribution < -0.4 is 4.90 Å². The lowest BCUT2D eigenvalue weighted by Crippen LogP contribution is -2.31. The van der Waals surface area contributed by atoms with Crippen LogP contribution in [0.2, 0.25) is 5.02 Å². The molecule has 0 saturated heterocycles. The van der Waals surface area contributed by atoms with Crippen molar-refractivity contribution in [3.05, 3.63) is 58.7 Å². The summed E-state index contributed by atoms with van der Waals surface area (Å²) in [5, 5.41) is 0.618. The van der Waals surface area contributed by atoms with Gasteiger partial charge in [0.2, 0.25) is 0 Å². The van der Waals surface area contributed by atoms with E-state index in [4.69, 9.17) is 23.2 Å². The average molecular weight is 309 g/mol. The number of alkyl halides is 1. The summed E-state index contributed by atoms with van der Waals surface area (Å²) in [5.41, 5.74) is 1.98. The average Bonchev–Trinajstić information content (AvgIpc) is 2.46. The summed E-state index contributed by atoms with van der Waals surface area (Å²) in [5.74, 6) is 1.23. The van der Waals surface area contributed by atoms with Crippen LogP contribution in [-0.4, -0.2) is 11.0 Å². The third-order valence-corrected chi connectivity index (χ3v) is 3.74. The number of pyridine rings is 1. The molecule has 1 aromatic carbocycles. The Hall–Kier alpha value is -1.25. The Morgan fingerprint density at radius 2 is 1.80 bits per heavy atom. The van der Waals surface area contributed by atoms with Crippen LogP contribution in [0.3, 0.4) is 0 Å². The Labute approximate surface area is 130 Å². The molecule has 20 heavy (non-hydrogen) atoms. The molecular weight excluding hydrogens is 291 g/mol. The highest BCUT2D eigenvalue weighted by Crippen LogP contribution is 2.23. The zero-order valence-corrected chi connectivity index (χ0v) is 13.2. The van der Waals surface area contributed by atoms with Gasteiger partial charge in [-0.2, -0.15) is 0 Å². The summed E-state index contributed by atoms with van der Waals surface area (Å²) in [4.78, 5) is 6.81. The second-order valence-corrected chi connectivity index (χ2v) is 5.61. The predicted octanol–water partition coefficient (Wildman–Crippen LogP) is 4.89. The van der Waals surface area contributed by atoms with Crippen LogP contribution in [0.4, 0.5) is 5.82 Å².